The molecule has 0 saturated carbocycles. The zero-order chi connectivity index (χ0) is 11.2. The van der Waals surface area contributed by atoms with Crippen molar-refractivity contribution in [3.05, 3.63) is 12.2 Å². The second-order valence-corrected chi connectivity index (χ2v) is 4.58. The van der Waals surface area contributed by atoms with Gasteiger partial charge in [-0.15, -0.1) is 0 Å². The minimum atomic E-state index is -0.280. The van der Waals surface area contributed by atoms with Gasteiger partial charge in [0.2, 0.25) is 0 Å². The number of carbonyl (C=O) groups excluding carboxylic acids is 1. The summed E-state index contributed by atoms with van der Waals surface area (Å²) in [6.45, 7) is 12.3. The van der Waals surface area contributed by atoms with E-state index < -0.39 is 0 Å². The van der Waals surface area contributed by atoms with Crippen molar-refractivity contribution in [2.24, 2.45) is 5.41 Å². The van der Waals surface area contributed by atoms with Gasteiger partial charge in [0.1, 0.15) is 0 Å². The predicted molar refractivity (Wildman–Crippen MR) is 59.1 cm³/mol. The summed E-state index contributed by atoms with van der Waals surface area (Å²) < 4.78 is 5.05. The molecule has 82 valence electrons. The zero-order valence-corrected chi connectivity index (χ0v) is 9.85. The van der Waals surface area contributed by atoms with Gasteiger partial charge in [0.05, 0.1) is 6.61 Å². The molecule has 0 spiro atoms. The number of hydrogen-bond acceptors (Lipinski definition) is 2. The molecule has 0 fully saturated rings. The molecule has 0 amide bonds. The average Bonchev–Trinajstić information content (AvgIpc) is 2.03. The summed E-state index contributed by atoms with van der Waals surface area (Å²) in [6, 6.07) is 0. The molecule has 0 unspecified atom stereocenters. The highest BCUT2D eigenvalue weighted by molar-refractivity contribution is 5.86. The molecule has 0 aromatic heterocycles. The summed E-state index contributed by atoms with van der Waals surface area (Å²) in [4.78, 5) is 11.1. The van der Waals surface area contributed by atoms with Crippen molar-refractivity contribution in [1.29, 1.82) is 0 Å². The lowest BCUT2D eigenvalue weighted by molar-refractivity contribution is -0.139. The molecule has 0 heterocycles. The van der Waals surface area contributed by atoms with Crippen LogP contribution in [0.25, 0.3) is 0 Å². The summed E-state index contributed by atoms with van der Waals surface area (Å²) in [5, 5.41) is 0. The molecule has 0 aliphatic rings. The molecule has 0 aromatic rings. The second-order valence-electron chi connectivity index (χ2n) is 4.58. The Bertz CT molecular complexity index is 204. The molecular formula is C12H22O2. The Kier molecular flexibility index (Phi) is 5.51. The summed E-state index contributed by atoms with van der Waals surface area (Å²) in [7, 11) is 0. The van der Waals surface area contributed by atoms with E-state index in [-0.39, 0.29) is 11.4 Å². The van der Waals surface area contributed by atoms with Gasteiger partial charge in [-0.25, -0.2) is 4.79 Å². The highest BCUT2D eigenvalue weighted by atomic mass is 16.5. The van der Waals surface area contributed by atoms with E-state index >= 15 is 0 Å². The molecule has 0 rings (SSSR count). The van der Waals surface area contributed by atoms with Crippen molar-refractivity contribution in [2.75, 3.05) is 6.61 Å². The third kappa shape index (κ3) is 5.79. The number of hydrogen-bond donors (Lipinski definition) is 0. The molecule has 0 aromatic carbocycles. The lowest BCUT2D eigenvalue weighted by Crippen LogP contribution is -2.16. The first-order valence-electron chi connectivity index (χ1n) is 5.21. The maximum Gasteiger partial charge on any atom is 0.333 e. The van der Waals surface area contributed by atoms with Gasteiger partial charge in [-0.05, 0) is 25.2 Å². The van der Waals surface area contributed by atoms with Crippen LogP contribution in [0, 0.1) is 5.41 Å². The van der Waals surface area contributed by atoms with Crippen LogP contribution in [0.2, 0.25) is 0 Å². The van der Waals surface area contributed by atoms with Crippen LogP contribution in [-0.2, 0) is 9.53 Å². The van der Waals surface area contributed by atoms with Gasteiger partial charge >= 0.3 is 5.97 Å². The third-order valence-corrected chi connectivity index (χ3v) is 2.29. The largest absolute Gasteiger partial charge is 0.462 e. The second kappa shape index (κ2) is 5.84. The fourth-order valence-corrected chi connectivity index (χ4v) is 1.34. The molecule has 2 nitrogen and oxygen atoms in total. The van der Waals surface area contributed by atoms with Crippen LogP contribution in [0.4, 0.5) is 0 Å². The Morgan fingerprint density at radius 2 is 1.93 bits per heavy atom. The van der Waals surface area contributed by atoms with Gasteiger partial charge in [0.25, 0.3) is 0 Å². The van der Waals surface area contributed by atoms with E-state index in [0.717, 1.165) is 12.8 Å². The minimum Gasteiger partial charge on any atom is -0.462 e. The molecule has 0 aliphatic heterocycles. The normalized spacial score (nSPS) is 11.1. The van der Waals surface area contributed by atoms with Crippen molar-refractivity contribution < 1.29 is 9.53 Å². The fourth-order valence-electron chi connectivity index (χ4n) is 1.34. The third-order valence-electron chi connectivity index (χ3n) is 2.29. The quantitative estimate of drug-likeness (QED) is 0.483. The van der Waals surface area contributed by atoms with E-state index in [4.69, 9.17) is 4.74 Å². The van der Waals surface area contributed by atoms with Crippen LogP contribution >= 0.6 is 0 Å². The van der Waals surface area contributed by atoms with Gasteiger partial charge in [-0.3, -0.25) is 0 Å². The lowest BCUT2D eigenvalue weighted by Gasteiger charge is -2.23. The van der Waals surface area contributed by atoms with Crippen LogP contribution in [0.5, 0.6) is 0 Å². The Balaban J connectivity index is 3.73. The highest BCUT2D eigenvalue weighted by Crippen LogP contribution is 2.26. The summed E-state index contributed by atoms with van der Waals surface area (Å²) in [6.07, 6.45) is 3.25. The molecule has 0 aliphatic carbocycles. The zero-order valence-electron chi connectivity index (χ0n) is 9.85. The van der Waals surface area contributed by atoms with E-state index in [0.29, 0.717) is 12.2 Å². The lowest BCUT2D eigenvalue weighted by atomic mass is 9.85. The standard InChI is InChI=1S/C12H22O2/c1-6-7-12(4,5)8-9-14-11(13)10(2)3/h2,6-9H2,1,3-5H3. The molecule has 0 N–H and O–H groups in total. The summed E-state index contributed by atoms with van der Waals surface area (Å²) in [5.41, 5.74) is 0.739. The van der Waals surface area contributed by atoms with E-state index in [1.54, 1.807) is 6.92 Å². The number of esters is 1. The number of rotatable bonds is 6. The first-order valence-corrected chi connectivity index (χ1v) is 5.21. The maximum atomic E-state index is 11.1. The number of carbonyl (C=O) groups is 1. The van der Waals surface area contributed by atoms with Gasteiger partial charge in [-0.1, -0.05) is 33.8 Å². The van der Waals surface area contributed by atoms with Crippen molar-refractivity contribution >= 4 is 5.97 Å². The van der Waals surface area contributed by atoms with E-state index in [1.807, 2.05) is 0 Å². The maximum absolute atomic E-state index is 11.1. The van der Waals surface area contributed by atoms with Gasteiger partial charge in [0, 0.05) is 5.57 Å². The highest BCUT2D eigenvalue weighted by Gasteiger charge is 2.17. The SMILES string of the molecule is C=C(C)C(=O)OCCC(C)(C)CCC. The van der Waals surface area contributed by atoms with Gasteiger partial charge in [0.15, 0.2) is 0 Å². The average molecular weight is 198 g/mol. The van der Waals surface area contributed by atoms with Crippen LogP contribution in [0.15, 0.2) is 12.2 Å². The first kappa shape index (κ1) is 13.2. The predicted octanol–water partition coefficient (Wildman–Crippen LogP) is 3.32. The molecule has 0 radical (unpaired) electrons. The molecule has 0 bridgehead atoms. The topological polar surface area (TPSA) is 26.3 Å². The van der Waals surface area contributed by atoms with E-state index in [9.17, 15) is 4.79 Å². The molecule has 0 atom stereocenters. The van der Waals surface area contributed by atoms with Crippen molar-refractivity contribution in [2.45, 2.75) is 47.0 Å². The smallest absolute Gasteiger partial charge is 0.333 e. The Labute approximate surface area is 87.3 Å². The molecule has 0 saturated heterocycles. The fraction of sp³-hybridized carbons (Fsp3) is 0.750. The van der Waals surface area contributed by atoms with Crippen LogP contribution < -0.4 is 0 Å². The molecule has 2 heteroatoms. The first-order chi connectivity index (χ1) is 6.39. The van der Waals surface area contributed by atoms with Gasteiger partial charge in [-0.2, -0.15) is 0 Å². The Morgan fingerprint density at radius 1 is 1.36 bits per heavy atom. The number of ether oxygens (including phenoxy) is 1. The van der Waals surface area contributed by atoms with Crippen molar-refractivity contribution in [1.82, 2.24) is 0 Å². The summed E-state index contributed by atoms with van der Waals surface area (Å²) in [5.74, 6) is -0.280. The Hall–Kier alpha value is -0.790. The van der Waals surface area contributed by atoms with Crippen LogP contribution in [0.3, 0.4) is 0 Å². The van der Waals surface area contributed by atoms with E-state index in [1.165, 1.54) is 6.42 Å². The molecular weight excluding hydrogens is 176 g/mol. The van der Waals surface area contributed by atoms with Crippen molar-refractivity contribution in [3.63, 3.8) is 0 Å². The van der Waals surface area contributed by atoms with Crippen LogP contribution in [-0.4, -0.2) is 12.6 Å². The van der Waals surface area contributed by atoms with Gasteiger partial charge < -0.3 is 4.74 Å². The minimum absolute atomic E-state index is 0.268. The molecule has 14 heavy (non-hydrogen) atoms. The summed E-state index contributed by atoms with van der Waals surface area (Å²) >= 11 is 0. The van der Waals surface area contributed by atoms with Crippen molar-refractivity contribution in [3.8, 4) is 0 Å². The Morgan fingerprint density at radius 3 is 2.36 bits per heavy atom. The monoisotopic (exact) mass is 198 g/mol. The van der Waals surface area contributed by atoms with E-state index in [2.05, 4.69) is 27.4 Å². The van der Waals surface area contributed by atoms with Crippen LogP contribution in [0.1, 0.15) is 47.0 Å².